The van der Waals surface area contributed by atoms with Gasteiger partial charge in [-0.25, -0.2) is 0 Å². The molecule has 0 aromatic heterocycles. The van der Waals surface area contributed by atoms with Gasteiger partial charge in [0, 0.05) is 6.04 Å². The van der Waals surface area contributed by atoms with Crippen molar-refractivity contribution in [2.24, 2.45) is 0 Å². The van der Waals surface area contributed by atoms with Crippen molar-refractivity contribution in [2.75, 3.05) is 14.2 Å². The molecule has 1 aromatic rings. The van der Waals surface area contributed by atoms with Crippen molar-refractivity contribution in [2.45, 2.75) is 18.9 Å². The van der Waals surface area contributed by atoms with Gasteiger partial charge in [0.15, 0.2) is 0 Å². The first-order valence-electron chi connectivity index (χ1n) is 6.21. The van der Waals surface area contributed by atoms with Crippen LogP contribution in [0, 0.1) is 0 Å². The fourth-order valence-electron chi connectivity index (χ4n) is 1.76. The fourth-order valence-corrected chi connectivity index (χ4v) is 1.76. The summed E-state index contributed by atoms with van der Waals surface area (Å²) in [7, 11) is 2.92. The second-order valence-corrected chi connectivity index (χ2v) is 4.24. The molecule has 0 aliphatic rings. The third kappa shape index (κ3) is 5.14. The van der Waals surface area contributed by atoms with E-state index in [0.717, 1.165) is 11.3 Å². The Morgan fingerprint density at radius 3 is 2.45 bits per heavy atom. The summed E-state index contributed by atoms with van der Waals surface area (Å²) in [5, 5.41) is 2.72. The largest absolute Gasteiger partial charge is 0.497 e. The lowest BCUT2D eigenvalue weighted by Crippen LogP contribution is -2.37. The smallest absolute Gasteiger partial charge is 0.307 e. The lowest BCUT2D eigenvalue weighted by Gasteiger charge is -2.17. The molecule has 0 aliphatic carbocycles. The number of esters is 1. The molecule has 0 unspecified atom stereocenters. The number of rotatable bonds is 7. The summed E-state index contributed by atoms with van der Waals surface area (Å²) in [4.78, 5) is 22.7. The van der Waals surface area contributed by atoms with Gasteiger partial charge in [0.2, 0.25) is 5.91 Å². The van der Waals surface area contributed by atoms with Gasteiger partial charge >= 0.3 is 5.97 Å². The van der Waals surface area contributed by atoms with Gasteiger partial charge in [-0.1, -0.05) is 18.7 Å². The van der Waals surface area contributed by atoms with Crippen LogP contribution in [0.5, 0.6) is 5.75 Å². The van der Waals surface area contributed by atoms with Crippen LogP contribution in [0.15, 0.2) is 36.9 Å². The molecule has 1 N–H and O–H groups in total. The van der Waals surface area contributed by atoms with Crippen molar-refractivity contribution in [3.05, 3.63) is 42.5 Å². The average molecular weight is 277 g/mol. The highest BCUT2D eigenvalue weighted by Gasteiger charge is 2.16. The van der Waals surface area contributed by atoms with Crippen molar-refractivity contribution < 1.29 is 19.1 Å². The Morgan fingerprint density at radius 2 is 1.95 bits per heavy atom. The van der Waals surface area contributed by atoms with Gasteiger partial charge in [-0.05, 0) is 30.2 Å². The van der Waals surface area contributed by atoms with E-state index in [1.807, 2.05) is 24.3 Å². The van der Waals surface area contributed by atoms with Crippen molar-refractivity contribution in [1.82, 2.24) is 5.32 Å². The van der Waals surface area contributed by atoms with Crippen LogP contribution in [0.4, 0.5) is 0 Å². The zero-order valence-corrected chi connectivity index (χ0v) is 11.7. The fraction of sp³-hybridized carbons (Fsp3) is 0.333. The Bertz CT molecular complexity index is 467. The van der Waals surface area contributed by atoms with Gasteiger partial charge < -0.3 is 14.8 Å². The number of amides is 1. The van der Waals surface area contributed by atoms with E-state index >= 15 is 0 Å². The van der Waals surface area contributed by atoms with Crippen molar-refractivity contribution >= 4 is 11.9 Å². The van der Waals surface area contributed by atoms with Crippen molar-refractivity contribution in [3.63, 3.8) is 0 Å². The number of carbonyl (C=O) groups is 2. The van der Waals surface area contributed by atoms with E-state index in [1.54, 1.807) is 7.11 Å². The molecule has 0 spiro atoms. The first kappa shape index (κ1) is 15.8. The molecule has 1 rings (SSSR count). The lowest BCUT2D eigenvalue weighted by molar-refractivity contribution is -0.141. The Morgan fingerprint density at radius 1 is 1.30 bits per heavy atom. The van der Waals surface area contributed by atoms with Crippen LogP contribution in [0.1, 0.15) is 12.0 Å². The number of nitrogens with one attached hydrogen (secondary N) is 1. The third-order valence-corrected chi connectivity index (χ3v) is 2.81. The molecule has 1 amide bonds. The predicted octanol–water partition coefficient (Wildman–Crippen LogP) is 1.47. The zero-order valence-electron chi connectivity index (χ0n) is 11.7. The van der Waals surface area contributed by atoms with Crippen LogP contribution in [0.3, 0.4) is 0 Å². The molecule has 20 heavy (non-hydrogen) atoms. The third-order valence-electron chi connectivity index (χ3n) is 2.81. The van der Waals surface area contributed by atoms with E-state index in [-0.39, 0.29) is 24.3 Å². The number of ether oxygens (including phenoxy) is 2. The standard InChI is InChI=1S/C15H19NO4/c1-4-14(17)16-12(10-15(18)20-3)9-11-5-7-13(19-2)8-6-11/h4-8,12H,1,9-10H2,2-3H3,(H,16,17)/t12-/m1/s1. The SMILES string of the molecule is C=CC(=O)N[C@@H](CC(=O)OC)Cc1ccc(OC)cc1. The van der Waals surface area contributed by atoms with E-state index in [4.69, 9.17) is 4.74 Å². The second-order valence-electron chi connectivity index (χ2n) is 4.24. The normalized spacial score (nSPS) is 11.3. The van der Waals surface area contributed by atoms with Crippen LogP contribution in [-0.4, -0.2) is 32.1 Å². The maximum absolute atomic E-state index is 11.4. The van der Waals surface area contributed by atoms with Crippen LogP contribution in [-0.2, 0) is 20.7 Å². The molecule has 0 aliphatic heterocycles. The molecule has 1 aromatic carbocycles. The molecule has 5 heteroatoms. The van der Waals surface area contributed by atoms with Gasteiger partial charge in [-0.2, -0.15) is 0 Å². The van der Waals surface area contributed by atoms with Gasteiger partial charge in [0.05, 0.1) is 20.6 Å². The molecule has 5 nitrogen and oxygen atoms in total. The Balaban J connectivity index is 2.73. The number of carbonyl (C=O) groups excluding carboxylic acids is 2. The molecule has 0 bridgehead atoms. The topological polar surface area (TPSA) is 64.6 Å². The second kappa shape index (κ2) is 7.99. The van der Waals surface area contributed by atoms with E-state index in [2.05, 4.69) is 16.6 Å². The highest BCUT2D eigenvalue weighted by molar-refractivity contribution is 5.87. The first-order chi connectivity index (χ1) is 9.58. The molecule has 0 saturated carbocycles. The van der Waals surface area contributed by atoms with E-state index in [0.29, 0.717) is 6.42 Å². The summed E-state index contributed by atoms with van der Waals surface area (Å²) in [6.45, 7) is 3.40. The molecule has 0 saturated heterocycles. The first-order valence-corrected chi connectivity index (χ1v) is 6.21. The van der Waals surface area contributed by atoms with Crippen LogP contribution >= 0.6 is 0 Å². The van der Waals surface area contributed by atoms with E-state index < -0.39 is 0 Å². The van der Waals surface area contributed by atoms with Crippen LogP contribution < -0.4 is 10.1 Å². The van der Waals surface area contributed by atoms with E-state index in [1.165, 1.54) is 13.2 Å². The Labute approximate surface area is 118 Å². The summed E-state index contributed by atoms with van der Waals surface area (Å²) >= 11 is 0. The minimum absolute atomic E-state index is 0.113. The number of hydrogen-bond acceptors (Lipinski definition) is 4. The van der Waals surface area contributed by atoms with Gasteiger partial charge in [-0.15, -0.1) is 0 Å². The zero-order chi connectivity index (χ0) is 15.0. The van der Waals surface area contributed by atoms with Crippen LogP contribution in [0.2, 0.25) is 0 Å². The monoisotopic (exact) mass is 277 g/mol. The van der Waals surface area contributed by atoms with Gasteiger partial charge in [0.1, 0.15) is 5.75 Å². The summed E-state index contributed by atoms with van der Waals surface area (Å²) < 4.78 is 9.72. The average Bonchev–Trinajstić information content (AvgIpc) is 2.47. The van der Waals surface area contributed by atoms with Crippen molar-refractivity contribution in [1.29, 1.82) is 0 Å². The Hall–Kier alpha value is -2.30. The predicted molar refractivity (Wildman–Crippen MR) is 75.5 cm³/mol. The van der Waals surface area contributed by atoms with E-state index in [9.17, 15) is 9.59 Å². The highest BCUT2D eigenvalue weighted by atomic mass is 16.5. The quantitative estimate of drug-likeness (QED) is 0.605. The number of hydrogen-bond donors (Lipinski definition) is 1. The summed E-state index contributed by atoms with van der Waals surface area (Å²) in [6, 6.07) is 7.12. The molecular formula is C15H19NO4. The maximum atomic E-state index is 11.4. The van der Waals surface area contributed by atoms with Gasteiger partial charge in [-0.3, -0.25) is 9.59 Å². The minimum atomic E-state index is -0.368. The van der Waals surface area contributed by atoms with Crippen LogP contribution in [0.25, 0.3) is 0 Å². The molecule has 0 fully saturated rings. The maximum Gasteiger partial charge on any atom is 0.307 e. The minimum Gasteiger partial charge on any atom is -0.497 e. The molecular weight excluding hydrogens is 258 g/mol. The summed E-state index contributed by atoms with van der Waals surface area (Å²) in [5.74, 6) is 0.0775. The number of methoxy groups -OCH3 is 2. The molecule has 0 radical (unpaired) electrons. The Kier molecular flexibility index (Phi) is 6.29. The molecule has 108 valence electrons. The van der Waals surface area contributed by atoms with Crippen molar-refractivity contribution in [3.8, 4) is 5.75 Å². The summed E-state index contributed by atoms with van der Waals surface area (Å²) in [5.41, 5.74) is 0.990. The molecule has 1 atom stereocenters. The number of benzene rings is 1. The lowest BCUT2D eigenvalue weighted by atomic mass is 10.0. The summed E-state index contributed by atoms with van der Waals surface area (Å²) in [6.07, 6.45) is 1.82. The highest BCUT2D eigenvalue weighted by Crippen LogP contribution is 2.13. The molecule has 0 heterocycles. The van der Waals surface area contributed by atoms with Gasteiger partial charge in [0.25, 0.3) is 0 Å².